The third-order valence-corrected chi connectivity index (χ3v) is 3.37. The number of hydrogen-bond donors (Lipinski definition) is 1. The smallest absolute Gasteiger partial charge is 0.272 e. The second kappa shape index (κ2) is 7.45. The van der Waals surface area contributed by atoms with Crippen LogP contribution in [0.25, 0.3) is 0 Å². The van der Waals surface area contributed by atoms with Crippen LogP contribution >= 0.6 is 0 Å². The highest BCUT2D eigenvalue weighted by Gasteiger charge is 2.19. The lowest BCUT2D eigenvalue weighted by molar-refractivity contribution is -0.385. The van der Waals surface area contributed by atoms with Gasteiger partial charge in [-0.1, -0.05) is 30.3 Å². The molecule has 0 aromatic heterocycles. The Morgan fingerprint density at radius 1 is 1.21 bits per heavy atom. The molecule has 0 bridgehead atoms. The lowest BCUT2D eigenvalue weighted by atomic mass is 10.0. The monoisotopic (exact) mass is 330 g/mol. The third kappa shape index (κ3) is 4.22. The Morgan fingerprint density at radius 3 is 2.46 bits per heavy atom. The van der Waals surface area contributed by atoms with Crippen LogP contribution in [0.4, 0.5) is 10.1 Å². The molecular formula is C17H15FN2O4. The van der Waals surface area contributed by atoms with Crippen molar-refractivity contribution < 1.29 is 18.9 Å². The number of non-ortho nitro benzene ring substituents is 1. The zero-order valence-corrected chi connectivity index (χ0v) is 12.9. The second-order valence-electron chi connectivity index (χ2n) is 5.29. The summed E-state index contributed by atoms with van der Waals surface area (Å²) in [5, 5.41) is 13.1. The van der Waals surface area contributed by atoms with E-state index in [4.69, 9.17) is 0 Å². The highest BCUT2D eigenvalue weighted by Crippen LogP contribution is 2.17. The van der Waals surface area contributed by atoms with Crippen molar-refractivity contribution in [3.05, 3.63) is 75.6 Å². The van der Waals surface area contributed by atoms with E-state index in [1.54, 1.807) is 37.3 Å². The molecule has 1 amide bonds. The molecule has 2 aromatic rings. The quantitative estimate of drug-likeness (QED) is 0.500. The van der Waals surface area contributed by atoms with Gasteiger partial charge in [-0.15, -0.1) is 0 Å². The van der Waals surface area contributed by atoms with Crippen LogP contribution in [0.1, 0.15) is 34.1 Å². The highest BCUT2D eigenvalue weighted by molar-refractivity contribution is 5.98. The van der Waals surface area contributed by atoms with Gasteiger partial charge in [-0.2, -0.15) is 0 Å². The largest absolute Gasteiger partial charge is 0.349 e. The number of nitrogens with zero attached hydrogens (tertiary/aromatic N) is 1. The standard InChI is InChI=1S/C17H15FN2O4/c1-11(9-16(21)12-5-3-2-4-6-12)19-17(22)14-8-7-13(20(23)24)10-15(14)18/h2-8,10-11H,9H2,1H3,(H,19,22)/t11-/m1/s1. The Balaban J connectivity index is 2.01. The zero-order valence-electron chi connectivity index (χ0n) is 12.9. The molecule has 7 heteroatoms. The molecule has 2 rings (SSSR count). The van der Waals surface area contributed by atoms with Crippen molar-refractivity contribution in [3.8, 4) is 0 Å². The number of nitro groups is 1. The Kier molecular flexibility index (Phi) is 5.36. The maximum atomic E-state index is 13.8. The molecular weight excluding hydrogens is 315 g/mol. The van der Waals surface area contributed by atoms with E-state index < -0.39 is 28.4 Å². The van der Waals surface area contributed by atoms with Crippen LogP contribution in [0.5, 0.6) is 0 Å². The molecule has 0 spiro atoms. The number of ketones is 1. The van der Waals surface area contributed by atoms with Crippen molar-refractivity contribution in [3.63, 3.8) is 0 Å². The number of nitro benzene ring substituents is 1. The first-order valence-electron chi connectivity index (χ1n) is 7.21. The van der Waals surface area contributed by atoms with Crippen molar-refractivity contribution in [2.75, 3.05) is 0 Å². The summed E-state index contributed by atoms with van der Waals surface area (Å²) in [6.45, 7) is 1.63. The number of carbonyl (C=O) groups excluding carboxylic acids is 2. The van der Waals surface area contributed by atoms with Gasteiger partial charge < -0.3 is 5.32 Å². The Bertz CT molecular complexity index is 777. The molecule has 0 aliphatic rings. The molecule has 0 heterocycles. The van der Waals surface area contributed by atoms with Gasteiger partial charge in [0.25, 0.3) is 11.6 Å². The van der Waals surface area contributed by atoms with Gasteiger partial charge in [-0.25, -0.2) is 4.39 Å². The fraction of sp³-hybridized carbons (Fsp3) is 0.176. The number of rotatable bonds is 6. The number of halogens is 1. The van der Waals surface area contributed by atoms with Gasteiger partial charge in [-0.05, 0) is 13.0 Å². The first-order chi connectivity index (χ1) is 11.4. The minimum atomic E-state index is -0.983. The van der Waals surface area contributed by atoms with Crippen LogP contribution in [-0.4, -0.2) is 22.7 Å². The third-order valence-electron chi connectivity index (χ3n) is 3.37. The molecule has 0 radical (unpaired) electrons. The number of carbonyl (C=O) groups is 2. The van der Waals surface area contributed by atoms with E-state index in [0.717, 1.165) is 12.1 Å². The summed E-state index contributed by atoms with van der Waals surface area (Å²) in [4.78, 5) is 33.9. The summed E-state index contributed by atoms with van der Waals surface area (Å²) in [5.74, 6) is -1.85. The number of hydrogen-bond acceptors (Lipinski definition) is 4. The van der Waals surface area contributed by atoms with Gasteiger partial charge >= 0.3 is 0 Å². The Morgan fingerprint density at radius 2 is 1.88 bits per heavy atom. The van der Waals surface area contributed by atoms with Crippen LogP contribution in [0.2, 0.25) is 0 Å². The average molecular weight is 330 g/mol. The second-order valence-corrected chi connectivity index (χ2v) is 5.29. The van der Waals surface area contributed by atoms with E-state index in [9.17, 15) is 24.1 Å². The van der Waals surface area contributed by atoms with Crippen molar-refractivity contribution in [1.82, 2.24) is 5.32 Å². The fourth-order valence-electron chi connectivity index (χ4n) is 2.17. The fourth-order valence-corrected chi connectivity index (χ4v) is 2.17. The van der Waals surface area contributed by atoms with Crippen molar-refractivity contribution in [2.45, 2.75) is 19.4 Å². The average Bonchev–Trinajstić information content (AvgIpc) is 2.55. The summed E-state index contributed by atoms with van der Waals surface area (Å²) < 4.78 is 13.8. The first kappa shape index (κ1) is 17.3. The van der Waals surface area contributed by atoms with Crippen molar-refractivity contribution in [1.29, 1.82) is 0 Å². The number of amides is 1. The molecule has 0 saturated carbocycles. The zero-order chi connectivity index (χ0) is 17.7. The van der Waals surface area contributed by atoms with Crippen LogP contribution in [-0.2, 0) is 0 Å². The van der Waals surface area contributed by atoms with Crippen LogP contribution in [0.15, 0.2) is 48.5 Å². The van der Waals surface area contributed by atoms with Gasteiger partial charge in [0.05, 0.1) is 16.6 Å². The van der Waals surface area contributed by atoms with Crippen LogP contribution < -0.4 is 5.32 Å². The van der Waals surface area contributed by atoms with E-state index in [0.29, 0.717) is 11.6 Å². The van der Waals surface area contributed by atoms with Gasteiger partial charge in [0.15, 0.2) is 5.78 Å². The summed E-state index contributed by atoms with van der Waals surface area (Å²) in [6.07, 6.45) is 0.0599. The summed E-state index contributed by atoms with van der Waals surface area (Å²) >= 11 is 0. The molecule has 24 heavy (non-hydrogen) atoms. The maximum absolute atomic E-state index is 13.8. The lowest BCUT2D eigenvalue weighted by Crippen LogP contribution is -2.34. The van der Waals surface area contributed by atoms with Crippen molar-refractivity contribution >= 4 is 17.4 Å². The van der Waals surface area contributed by atoms with Gasteiger partial charge in [-0.3, -0.25) is 19.7 Å². The maximum Gasteiger partial charge on any atom is 0.272 e. The first-order valence-corrected chi connectivity index (χ1v) is 7.21. The predicted octanol–water partition coefficient (Wildman–Crippen LogP) is 3.13. The SMILES string of the molecule is C[C@H](CC(=O)c1ccccc1)NC(=O)c1ccc([N+](=O)[O-])cc1F. The molecule has 0 fully saturated rings. The highest BCUT2D eigenvalue weighted by atomic mass is 19.1. The minimum absolute atomic E-state index is 0.0599. The Labute approximate surface area is 137 Å². The molecule has 1 N–H and O–H groups in total. The number of benzene rings is 2. The Hall–Kier alpha value is -3.09. The summed E-state index contributed by atoms with van der Waals surface area (Å²) in [6, 6.07) is 10.9. The molecule has 2 aromatic carbocycles. The van der Waals surface area contributed by atoms with E-state index in [1.807, 2.05) is 0 Å². The summed E-state index contributed by atoms with van der Waals surface area (Å²) in [7, 11) is 0. The van der Waals surface area contributed by atoms with Crippen LogP contribution in [0, 0.1) is 15.9 Å². The van der Waals surface area contributed by atoms with Gasteiger partial charge in [0.2, 0.25) is 0 Å². The molecule has 124 valence electrons. The van der Waals surface area contributed by atoms with Crippen LogP contribution in [0.3, 0.4) is 0 Å². The molecule has 0 unspecified atom stereocenters. The molecule has 1 atom stereocenters. The van der Waals surface area contributed by atoms with Gasteiger partial charge in [0, 0.05) is 24.1 Å². The molecule has 0 saturated heterocycles. The number of Topliss-reactive ketones (excluding diaryl/α,β-unsaturated/α-hetero) is 1. The van der Waals surface area contributed by atoms with E-state index in [-0.39, 0.29) is 17.8 Å². The lowest BCUT2D eigenvalue weighted by Gasteiger charge is -2.13. The number of nitrogens with one attached hydrogen (secondary N) is 1. The summed E-state index contributed by atoms with van der Waals surface area (Å²) in [5.41, 5.74) is -0.212. The van der Waals surface area contributed by atoms with E-state index in [1.165, 1.54) is 0 Å². The van der Waals surface area contributed by atoms with E-state index in [2.05, 4.69) is 5.32 Å². The normalized spacial score (nSPS) is 11.6. The molecule has 6 nitrogen and oxygen atoms in total. The molecule has 0 aliphatic heterocycles. The van der Waals surface area contributed by atoms with E-state index >= 15 is 0 Å². The van der Waals surface area contributed by atoms with Crippen molar-refractivity contribution in [2.24, 2.45) is 0 Å². The molecule has 0 aliphatic carbocycles. The topological polar surface area (TPSA) is 89.3 Å². The minimum Gasteiger partial charge on any atom is -0.349 e. The van der Waals surface area contributed by atoms with Gasteiger partial charge in [0.1, 0.15) is 5.82 Å². The predicted molar refractivity (Wildman–Crippen MR) is 85.4 cm³/mol.